The van der Waals surface area contributed by atoms with Gasteiger partial charge in [0.05, 0.1) is 6.54 Å². The van der Waals surface area contributed by atoms with Crippen LogP contribution in [0.4, 0.5) is 18.9 Å². The highest BCUT2D eigenvalue weighted by molar-refractivity contribution is 6.30. The number of nitrogens with zero attached hydrogens (tertiary/aromatic N) is 3. The van der Waals surface area contributed by atoms with Gasteiger partial charge in [0, 0.05) is 47.0 Å². The number of alkyl halides is 3. The summed E-state index contributed by atoms with van der Waals surface area (Å²) in [5.41, 5.74) is 9.51. The van der Waals surface area contributed by atoms with Crippen LogP contribution in [-0.2, 0) is 22.7 Å². The van der Waals surface area contributed by atoms with E-state index in [9.17, 15) is 27.6 Å². The van der Waals surface area contributed by atoms with Crippen molar-refractivity contribution < 1.29 is 37.5 Å². The predicted octanol–water partition coefficient (Wildman–Crippen LogP) is 4.68. The number of rotatable bonds is 5. The first kappa shape index (κ1) is 33.0. The fraction of sp³-hybridized carbons (Fsp3) is 0.258. The molecule has 14 heteroatoms. The molecule has 0 bridgehead atoms. The molecule has 236 valence electrons. The lowest BCUT2D eigenvalue weighted by molar-refractivity contribution is -0.192. The predicted molar refractivity (Wildman–Crippen MR) is 160 cm³/mol. The van der Waals surface area contributed by atoms with Crippen LogP contribution in [0.5, 0.6) is 0 Å². The van der Waals surface area contributed by atoms with E-state index in [1.807, 2.05) is 17.0 Å². The Morgan fingerprint density at radius 3 is 1.89 bits per heavy atom. The Bertz CT molecular complexity index is 1610. The van der Waals surface area contributed by atoms with E-state index in [2.05, 4.69) is 0 Å². The van der Waals surface area contributed by atoms with Gasteiger partial charge in [-0.25, -0.2) is 4.79 Å². The highest BCUT2D eigenvalue weighted by Crippen LogP contribution is 2.30. The third-order valence-corrected chi connectivity index (χ3v) is 7.48. The van der Waals surface area contributed by atoms with Crippen molar-refractivity contribution in [2.24, 2.45) is 5.73 Å². The molecule has 0 unspecified atom stereocenters. The molecular formula is C31H29ClF3N5O5. The van der Waals surface area contributed by atoms with Crippen molar-refractivity contribution in [3.05, 3.63) is 99.6 Å². The number of carbonyl (C=O) groups is 4. The minimum absolute atomic E-state index is 0.0210. The number of carboxylic acid groups (broad SMARTS) is 1. The van der Waals surface area contributed by atoms with Gasteiger partial charge in [0.15, 0.2) is 0 Å². The van der Waals surface area contributed by atoms with Crippen molar-refractivity contribution in [3.63, 3.8) is 0 Å². The highest BCUT2D eigenvalue weighted by atomic mass is 35.5. The topological polar surface area (TPSA) is 148 Å². The number of anilines is 1. The number of halogens is 4. The lowest BCUT2D eigenvalue weighted by Gasteiger charge is -2.24. The highest BCUT2D eigenvalue weighted by Gasteiger charge is 2.38. The smallest absolute Gasteiger partial charge is 0.475 e. The van der Waals surface area contributed by atoms with Crippen molar-refractivity contribution in [2.45, 2.75) is 32.1 Å². The standard InChI is InChI=1S/C29H28ClN5O3.C2HF3O2/c30-24-11-9-21(10-12-24)29(38)34-17-23-8-7-22(27(31)32)15-25(23)35(26(36)18-34)16-19-3-5-20(6-4-19)28(37)33-13-1-2-14-33;3-2(4,5)1(6)7/h3-12,15H,1-2,13-14,16-18H2,(H3,31,32);(H,6,7). The molecule has 2 aliphatic heterocycles. The van der Waals surface area contributed by atoms with Gasteiger partial charge in [0.1, 0.15) is 12.4 Å². The zero-order valence-corrected chi connectivity index (χ0v) is 24.6. The van der Waals surface area contributed by atoms with Gasteiger partial charge < -0.3 is 25.5 Å². The molecule has 3 aromatic carbocycles. The van der Waals surface area contributed by atoms with Crippen molar-refractivity contribution in [2.75, 3.05) is 24.5 Å². The SMILES string of the molecule is N=C(N)c1ccc2c(c1)N(Cc1ccc(C(=O)N3CCCC3)cc1)C(=O)CN(C(=O)c1ccc(Cl)cc1)C2.O=C(O)C(F)(F)F. The summed E-state index contributed by atoms with van der Waals surface area (Å²) in [5, 5.41) is 15.5. The molecule has 0 atom stereocenters. The lowest BCUT2D eigenvalue weighted by Crippen LogP contribution is -2.39. The number of nitrogens with one attached hydrogen (secondary N) is 1. The zero-order chi connectivity index (χ0) is 32.9. The fourth-order valence-corrected chi connectivity index (χ4v) is 5.02. The van der Waals surface area contributed by atoms with Gasteiger partial charge in [-0.3, -0.25) is 19.8 Å². The average Bonchev–Trinajstić information content (AvgIpc) is 3.50. The maximum Gasteiger partial charge on any atom is 0.490 e. The molecule has 2 aliphatic rings. The van der Waals surface area contributed by atoms with Crippen molar-refractivity contribution in [1.82, 2.24) is 9.80 Å². The first-order chi connectivity index (χ1) is 21.2. The number of carbonyl (C=O) groups excluding carboxylic acids is 3. The number of benzene rings is 3. The number of amidine groups is 1. The Labute approximate surface area is 261 Å². The molecule has 45 heavy (non-hydrogen) atoms. The number of nitrogen functional groups attached to an aromatic ring is 1. The Morgan fingerprint density at radius 2 is 1.36 bits per heavy atom. The van der Waals surface area contributed by atoms with Crippen LogP contribution in [0.25, 0.3) is 0 Å². The number of hydrogen-bond acceptors (Lipinski definition) is 5. The van der Waals surface area contributed by atoms with Crippen LogP contribution < -0.4 is 10.6 Å². The van der Waals surface area contributed by atoms with Crippen molar-refractivity contribution in [1.29, 1.82) is 5.41 Å². The summed E-state index contributed by atoms with van der Waals surface area (Å²) in [7, 11) is 0. The maximum absolute atomic E-state index is 13.6. The molecule has 3 amide bonds. The maximum atomic E-state index is 13.6. The second kappa shape index (κ2) is 13.8. The molecule has 2 heterocycles. The summed E-state index contributed by atoms with van der Waals surface area (Å²) in [6.07, 6.45) is -3.03. The summed E-state index contributed by atoms with van der Waals surface area (Å²) < 4.78 is 31.7. The quantitative estimate of drug-likeness (QED) is 0.272. The molecule has 0 spiro atoms. The minimum Gasteiger partial charge on any atom is -0.475 e. The molecule has 0 radical (unpaired) electrons. The van der Waals surface area contributed by atoms with Crippen LogP contribution >= 0.6 is 11.6 Å². The molecule has 0 aliphatic carbocycles. The molecule has 3 aromatic rings. The number of hydrogen-bond donors (Lipinski definition) is 3. The normalized spacial score (nSPS) is 14.7. The van der Waals surface area contributed by atoms with Gasteiger partial charge in [-0.1, -0.05) is 35.9 Å². The molecule has 5 rings (SSSR count). The van der Waals surface area contributed by atoms with Crippen LogP contribution in [0.3, 0.4) is 0 Å². The molecule has 4 N–H and O–H groups in total. The lowest BCUT2D eigenvalue weighted by atomic mass is 10.1. The Morgan fingerprint density at radius 1 is 0.844 bits per heavy atom. The van der Waals surface area contributed by atoms with E-state index >= 15 is 0 Å². The zero-order valence-electron chi connectivity index (χ0n) is 23.8. The second-order valence-electron chi connectivity index (χ2n) is 10.4. The second-order valence-corrected chi connectivity index (χ2v) is 10.8. The van der Waals surface area contributed by atoms with E-state index in [1.165, 1.54) is 4.90 Å². The van der Waals surface area contributed by atoms with Crippen molar-refractivity contribution in [3.8, 4) is 0 Å². The van der Waals surface area contributed by atoms with Gasteiger partial charge >= 0.3 is 12.1 Å². The number of likely N-dealkylation sites (tertiary alicyclic amines) is 1. The fourth-order valence-electron chi connectivity index (χ4n) is 4.89. The first-order valence-electron chi connectivity index (χ1n) is 13.8. The third kappa shape index (κ3) is 8.18. The minimum atomic E-state index is -5.08. The van der Waals surface area contributed by atoms with E-state index in [0.717, 1.165) is 37.1 Å². The molecule has 1 fully saturated rings. The summed E-state index contributed by atoms with van der Waals surface area (Å²) in [5.74, 6) is -3.38. The van der Waals surface area contributed by atoms with Gasteiger partial charge in [0.2, 0.25) is 5.91 Å². The first-order valence-corrected chi connectivity index (χ1v) is 14.1. The average molecular weight is 644 g/mol. The van der Waals surface area contributed by atoms with Crippen LogP contribution in [0, 0.1) is 5.41 Å². The Hall–Kier alpha value is -4.91. The summed E-state index contributed by atoms with van der Waals surface area (Å²) in [6.45, 7) is 1.92. The van der Waals surface area contributed by atoms with E-state index in [1.54, 1.807) is 59.5 Å². The molecule has 1 saturated heterocycles. The number of fused-ring (bicyclic) bond motifs is 1. The van der Waals surface area contributed by atoms with Gasteiger partial charge in [-0.2, -0.15) is 13.2 Å². The van der Waals surface area contributed by atoms with E-state index < -0.39 is 12.1 Å². The number of carboxylic acids is 1. The number of aliphatic carboxylic acids is 1. The summed E-state index contributed by atoms with van der Waals surface area (Å²) >= 11 is 5.98. The van der Waals surface area contributed by atoms with Gasteiger partial charge in [0.25, 0.3) is 11.8 Å². The molecule has 10 nitrogen and oxygen atoms in total. The summed E-state index contributed by atoms with van der Waals surface area (Å²) in [4.78, 5) is 53.5. The molecule has 0 aromatic heterocycles. The molecule has 0 saturated carbocycles. The van der Waals surface area contributed by atoms with E-state index in [-0.39, 0.29) is 43.2 Å². The van der Waals surface area contributed by atoms with Crippen molar-refractivity contribution >= 4 is 46.8 Å². The molecular weight excluding hydrogens is 615 g/mol. The summed E-state index contributed by atoms with van der Waals surface area (Å²) in [6, 6.07) is 19.1. The number of nitrogens with two attached hydrogens (primary N) is 1. The number of amides is 3. The van der Waals surface area contributed by atoms with Crippen LogP contribution in [0.15, 0.2) is 66.7 Å². The van der Waals surface area contributed by atoms with E-state index in [0.29, 0.717) is 27.4 Å². The van der Waals surface area contributed by atoms with Crippen LogP contribution in [-0.4, -0.2) is 70.2 Å². The largest absolute Gasteiger partial charge is 0.490 e. The van der Waals surface area contributed by atoms with Crippen LogP contribution in [0.1, 0.15) is 50.2 Å². The van der Waals surface area contributed by atoms with Crippen LogP contribution in [0.2, 0.25) is 5.02 Å². The Balaban J connectivity index is 0.000000591. The van der Waals surface area contributed by atoms with Gasteiger partial charge in [-0.15, -0.1) is 0 Å². The Kier molecular flexibility index (Phi) is 10.1. The van der Waals surface area contributed by atoms with E-state index in [4.69, 9.17) is 32.6 Å². The van der Waals surface area contributed by atoms with Gasteiger partial charge in [-0.05, 0) is 66.4 Å². The third-order valence-electron chi connectivity index (χ3n) is 7.23. The monoisotopic (exact) mass is 643 g/mol.